The number of hydrogen-bond donors (Lipinski definition) is 2. The SMILES string of the molecule is O=C(NCC1(C2CC2)CC1)c1cncc(O)c1. The molecule has 1 heterocycles. The Kier molecular flexibility index (Phi) is 2.31. The van der Waals surface area contributed by atoms with Crippen molar-refractivity contribution >= 4 is 5.91 Å². The number of nitrogens with one attached hydrogen (secondary N) is 1. The highest BCUT2D eigenvalue weighted by Crippen LogP contribution is 2.60. The van der Waals surface area contributed by atoms with E-state index in [1.807, 2.05) is 0 Å². The molecule has 1 aromatic heterocycles. The van der Waals surface area contributed by atoms with Crippen molar-refractivity contribution in [2.75, 3.05) is 6.54 Å². The number of carbonyl (C=O) groups is 1. The third-order valence-corrected chi connectivity index (χ3v) is 3.92. The lowest BCUT2D eigenvalue weighted by molar-refractivity contribution is 0.0942. The van der Waals surface area contributed by atoms with Gasteiger partial charge in [0.25, 0.3) is 5.91 Å². The zero-order valence-electron chi connectivity index (χ0n) is 9.65. The molecule has 0 aromatic carbocycles. The maximum Gasteiger partial charge on any atom is 0.253 e. The Labute approximate surface area is 100 Å². The molecule has 2 aliphatic carbocycles. The van der Waals surface area contributed by atoms with E-state index in [2.05, 4.69) is 10.3 Å². The predicted molar refractivity (Wildman–Crippen MR) is 62.6 cm³/mol. The minimum absolute atomic E-state index is 0.0287. The van der Waals surface area contributed by atoms with Gasteiger partial charge in [-0.1, -0.05) is 0 Å². The number of pyridine rings is 1. The summed E-state index contributed by atoms with van der Waals surface area (Å²) in [6, 6.07) is 1.44. The zero-order chi connectivity index (χ0) is 11.9. The van der Waals surface area contributed by atoms with E-state index < -0.39 is 0 Å². The quantitative estimate of drug-likeness (QED) is 0.830. The maximum atomic E-state index is 11.9. The molecule has 2 fully saturated rings. The molecule has 0 radical (unpaired) electrons. The van der Waals surface area contributed by atoms with Crippen LogP contribution >= 0.6 is 0 Å². The third-order valence-electron chi connectivity index (χ3n) is 3.92. The summed E-state index contributed by atoms with van der Waals surface area (Å²) in [7, 11) is 0. The first kappa shape index (κ1) is 10.6. The number of hydrogen-bond acceptors (Lipinski definition) is 3. The average molecular weight is 232 g/mol. The van der Waals surface area contributed by atoms with Crippen LogP contribution in [0.2, 0.25) is 0 Å². The van der Waals surface area contributed by atoms with Crippen molar-refractivity contribution in [1.29, 1.82) is 0 Å². The van der Waals surface area contributed by atoms with Crippen LogP contribution in [0, 0.1) is 11.3 Å². The van der Waals surface area contributed by atoms with Crippen LogP contribution < -0.4 is 5.32 Å². The molecule has 3 rings (SSSR count). The first-order chi connectivity index (χ1) is 8.20. The van der Waals surface area contributed by atoms with Crippen molar-refractivity contribution in [3.8, 4) is 5.75 Å². The van der Waals surface area contributed by atoms with E-state index in [-0.39, 0.29) is 11.7 Å². The number of rotatable bonds is 4. The van der Waals surface area contributed by atoms with E-state index in [9.17, 15) is 9.90 Å². The molecule has 2 aliphatic rings. The normalized spacial score (nSPS) is 20.9. The third kappa shape index (κ3) is 2.12. The Morgan fingerprint density at radius 3 is 2.82 bits per heavy atom. The lowest BCUT2D eigenvalue weighted by atomic mass is 10.0. The molecule has 0 unspecified atom stereocenters. The second kappa shape index (κ2) is 3.72. The van der Waals surface area contributed by atoms with Crippen molar-refractivity contribution in [1.82, 2.24) is 10.3 Å². The summed E-state index contributed by atoms with van der Waals surface area (Å²) in [5.41, 5.74) is 0.830. The molecule has 1 amide bonds. The fourth-order valence-electron chi connectivity index (χ4n) is 2.50. The summed E-state index contributed by atoms with van der Waals surface area (Å²) in [4.78, 5) is 15.7. The molecular formula is C13H16N2O2. The zero-order valence-corrected chi connectivity index (χ0v) is 9.65. The number of carbonyl (C=O) groups excluding carboxylic acids is 1. The molecule has 17 heavy (non-hydrogen) atoms. The van der Waals surface area contributed by atoms with Gasteiger partial charge in [-0.3, -0.25) is 9.78 Å². The van der Waals surface area contributed by atoms with Crippen molar-refractivity contribution in [2.24, 2.45) is 11.3 Å². The average Bonchev–Trinajstić information content (AvgIpc) is 3.15. The van der Waals surface area contributed by atoms with Crippen LogP contribution in [0.3, 0.4) is 0 Å². The van der Waals surface area contributed by atoms with Crippen LogP contribution in [-0.4, -0.2) is 22.5 Å². The van der Waals surface area contributed by atoms with Crippen molar-refractivity contribution in [2.45, 2.75) is 25.7 Å². The Balaban J connectivity index is 1.60. The number of aromatic hydroxyl groups is 1. The van der Waals surface area contributed by atoms with Gasteiger partial charge < -0.3 is 10.4 Å². The molecule has 0 bridgehead atoms. The molecule has 0 spiro atoms. The fourth-order valence-corrected chi connectivity index (χ4v) is 2.50. The molecule has 2 saturated carbocycles. The first-order valence-electron chi connectivity index (χ1n) is 6.12. The fraction of sp³-hybridized carbons (Fsp3) is 0.538. The van der Waals surface area contributed by atoms with E-state index in [1.54, 1.807) is 0 Å². The Morgan fingerprint density at radius 1 is 1.47 bits per heavy atom. The second-order valence-electron chi connectivity index (χ2n) is 5.25. The summed E-state index contributed by atoms with van der Waals surface area (Å²) in [5, 5.41) is 12.2. The van der Waals surface area contributed by atoms with Gasteiger partial charge in [-0.2, -0.15) is 0 Å². The van der Waals surface area contributed by atoms with Crippen molar-refractivity contribution in [3.63, 3.8) is 0 Å². The standard InChI is InChI=1S/C13H16N2O2/c16-11-5-9(6-14-7-11)12(17)15-8-13(3-4-13)10-1-2-10/h5-7,10,16H,1-4,8H2,(H,15,17). The van der Waals surface area contributed by atoms with Crippen molar-refractivity contribution < 1.29 is 9.90 Å². The topological polar surface area (TPSA) is 62.2 Å². The molecule has 90 valence electrons. The molecule has 4 heteroatoms. The highest BCUT2D eigenvalue weighted by atomic mass is 16.3. The van der Waals surface area contributed by atoms with Crippen LogP contribution in [0.1, 0.15) is 36.0 Å². The van der Waals surface area contributed by atoms with Gasteiger partial charge in [0, 0.05) is 12.7 Å². The summed E-state index contributed by atoms with van der Waals surface area (Å²) in [6.07, 6.45) is 7.94. The van der Waals surface area contributed by atoms with Crippen LogP contribution in [-0.2, 0) is 0 Å². The molecular weight excluding hydrogens is 216 g/mol. The summed E-state index contributed by atoms with van der Waals surface area (Å²) < 4.78 is 0. The van der Waals surface area contributed by atoms with Gasteiger partial charge in [-0.15, -0.1) is 0 Å². The molecule has 0 saturated heterocycles. The molecule has 1 aromatic rings. The lowest BCUT2D eigenvalue weighted by Gasteiger charge is -2.14. The van der Waals surface area contributed by atoms with E-state index in [0.717, 1.165) is 12.5 Å². The van der Waals surface area contributed by atoms with Crippen LogP contribution in [0.4, 0.5) is 0 Å². The van der Waals surface area contributed by atoms with Crippen LogP contribution in [0.25, 0.3) is 0 Å². The highest BCUT2D eigenvalue weighted by Gasteiger charge is 2.53. The smallest absolute Gasteiger partial charge is 0.253 e. The number of amides is 1. The van der Waals surface area contributed by atoms with Gasteiger partial charge in [-0.25, -0.2) is 0 Å². The van der Waals surface area contributed by atoms with Gasteiger partial charge in [0.15, 0.2) is 0 Å². The van der Waals surface area contributed by atoms with Crippen LogP contribution in [0.15, 0.2) is 18.5 Å². The summed E-state index contributed by atoms with van der Waals surface area (Å²) >= 11 is 0. The van der Waals surface area contributed by atoms with Crippen molar-refractivity contribution in [3.05, 3.63) is 24.0 Å². The monoisotopic (exact) mass is 232 g/mol. The summed E-state index contributed by atoms with van der Waals surface area (Å²) in [6.45, 7) is 0.770. The van der Waals surface area contributed by atoms with E-state index in [1.165, 1.54) is 44.1 Å². The summed E-state index contributed by atoms with van der Waals surface area (Å²) in [5.74, 6) is 0.728. The van der Waals surface area contributed by atoms with E-state index in [0.29, 0.717) is 11.0 Å². The minimum atomic E-state index is -0.139. The molecule has 0 atom stereocenters. The first-order valence-corrected chi connectivity index (χ1v) is 6.12. The molecule has 2 N–H and O–H groups in total. The Bertz CT molecular complexity index is 450. The van der Waals surface area contributed by atoms with E-state index >= 15 is 0 Å². The van der Waals surface area contributed by atoms with Crippen LogP contribution in [0.5, 0.6) is 5.75 Å². The number of aromatic nitrogens is 1. The molecule has 0 aliphatic heterocycles. The van der Waals surface area contributed by atoms with Gasteiger partial charge >= 0.3 is 0 Å². The van der Waals surface area contributed by atoms with Gasteiger partial charge in [0.05, 0.1) is 11.8 Å². The lowest BCUT2D eigenvalue weighted by Crippen LogP contribution is -2.31. The maximum absolute atomic E-state index is 11.9. The Hall–Kier alpha value is -1.58. The Morgan fingerprint density at radius 2 is 2.24 bits per heavy atom. The van der Waals surface area contributed by atoms with Gasteiger partial charge in [0.2, 0.25) is 0 Å². The molecule has 4 nitrogen and oxygen atoms in total. The van der Waals surface area contributed by atoms with E-state index in [4.69, 9.17) is 0 Å². The second-order valence-corrected chi connectivity index (χ2v) is 5.25. The highest BCUT2D eigenvalue weighted by molar-refractivity contribution is 5.94. The number of nitrogens with zero attached hydrogens (tertiary/aromatic N) is 1. The minimum Gasteiger partial charge on any atom is -0.506 e. The van der Waals surface area contributed by atoms with Gasteiger partial charge in [0.1, 0.15) is 5.75 Å². The predicted octanol–water partition coefficient (Wildman–Crippen LogP) is 1.71. The van der Waals surface area contributed by atoms with Gasteiger partial charge in [-0.05, 0) is 43.1 Å². The largest absolute Gasteiger partial charge is 0.506 e.